The van der Waals surface area contributed by atoms with Crippen molar-refractivity contribution in [3.63, 3.8) is 0 Å². The zero-order valence-corrected chi connectivity index (χ0v) is 14.3. The van der Waals surface area contributed by atoms with Crippen LogP contribution in [0.5, 0.6) is 0 Å². The number of H-pyrrole nitrogens is 1. The van der Waals surface area contributed by atoms with E-state index in [9.17, 15) is 9.59 Å². The Morgan fingerprint density at radius 3 is 3.09 bits per heavy atom. The number of pyridine rings is 1. The predicted molar refractivity (Wildman–Crippen MR) is 91.1 cm³/mol. The quantitative estimate of drug-likeness (QED) is 0.902. The van der Waals surface area contributed by atoms with Gasteiger partial charge in [0.2, 0.25) is 0 Å². The van der Waals surface area contributed by atoms with Crippen molar-refractivity contribution in [3.8, 4) is 0 Å². The van der Waals surface area contributed by atoms with Crippen LogP contribution in [0, 0.1) is 12.8 Å². The van der Waals surface area contributed by atoms with E-state index in [0.29, 0.717) is 18.9 Å². The molecule has 2 heterocycles. The number of amides is 1. The van der Waals surface area contributed by atoms with Gasteiger partial charge in [-0.3, -0.25) is 9.59 Å². The lowest BCUT2D eigenvalue weighted by molar-refractivity contribution is 0.0952. The number of hydrogen-bond donors (Lipinski definition) is 2. The molecule has 0 aliphatic heterocycles. The van der Waals surface area contributed by atoms with Crippen LogP contribution in [0.2, 0.25) is 0 Å². The van der Waals surface area contributed by atoms with E-state index >= 15 is 0 Å². The number of aryl methyl sites for hydroxylation is 2. The van der Waals surface area contributed by atoms with Gasteiger partial charge < -0.3 is 10.3 Å². The molecule has 0 bridgehead atoms. The Labute approximate surface area is 139 Å². The van der Waals surface area contributed by atoms with Crippen LogP contribution in [-0.2, 0) is 19.3 Å². The van der Waals surface area contributed by atoms with Gasteiger partial charge in [0, 0.05) is 29.7 Å². The van der Waals surface area contributed by atoms with Gasteiger partial charge in [0.15, 0.2) is 0 Å². The summed E-state index contributed by atoms with van der Waals surface area (Å²) in [7, 11) is 0. The Morgan fingerprint density at radius 2 is 2.35 bits per heavy atom. The summed E-state index contributed by atoms with van der Waals surface area (Å²) >= 11 is 1.59. The second-order valence-corrected chi connectivity index (χ2v) is 7.20. The van der Waals surface area contributed by atoms with Gasteiger partial charge in [-0.05, 0) is 43.7 Å². The van der Waals surface area contributed by atoms with Gasteiger partial charge >= 0.3 is 0 Å². The van der Waals surface area contributed by atoms with Crippen LogP contribution in [0.1, 0.15) is 45.7 Å². The summed E-state index contributed by atoms with van der Waals surface area (Å²) in [6.07, 6.45) is 3.58. The smallest absolute Gasteiger partial charge is 0.261 e. The zero-order valence-electron chi connectivity index (χ0n) is 13.4. The van der Waals surface area contributed by atoms with Crippen LogP contribution in [-0.4, -0.2) is 22.4 Å². The van der Waals surface area contributed by atoms with Gasteiger partial charge in [-0.25, -0.2) is 4.98 Å². The molecule has 122 valence electrons. The second-order valence-electron chi connectivity index (χ2n) is 6.25. The molecular weight excluding hydrogens is 310 g/mol. The van der Waals surface area contributed by atoms with E-state index in [4.69, 9.17) is 0 Å². The number of thiazole rings is 1. The maximum atomic E-state index is 12.3. The van der Waals surface area contributed by atoms with Crippen molar-refractivity contribution in [2.24, 2.45) is 5.92 Å². The second kappa shape index (κ2) is 6.66. The summed E-state index contributed by atoms with van der Waals surface area (Å²) in [6, 6.07) is 1.77. The molecule has 0 aromatic carbocycles. The SMILES string of the molecule is Cc1csc(CCNC(=O)c2cc3c([nH]c2=O)CC[C@@H](C)C3)n1. The third kappa shape index (κ3) is 3.69. The number of carbonyl (C=O) groups excluding carboxylic acids is 1. The van der Waals surface area contributed by atoms with Gasteiger partial charge in [-0.15, -0.1) is 11.3 Å². The van der Waals surface area contributed by atoms with E-state index in [-0.39, 0.29) is 17.0 Å². The first-order valence-electron chi connectivity index (χ1n) is 7.97. The molecule has 6 heteroatoms. The Hall–Kier alpha value is -1.95. The molecule has 0 spiro atoms. The van der Waals surface area contributed by atoms with Gasteiger partial charge in [0.25, 0.3) is 11.5 Å². The monoisotopic (exact) mass is 331 g/mol. The molecule has 0 unspecified atom stereocenters. The third-order valence-corrected chi connectivity index (χ3v) is 5.23. The molecule has 3 rings (SSSR count). The molecule has 0 saturated carbocycles. The first-order chi connectivity index (χ1) is 11.0. The molecule has 2 aromatic heterocycles. The highest BCUT2D eigenvalue weighted by molar-refractivity contribution is 7.09. The average molecular weight is 331 g/mol. The number of fused-ring (bicyclic) bond motifs is 1. The molecule has 0 saturated heterocycles. The number of carbonyl (C=O) groups is 1. The van der Waals surface area contributed by atoms with Crippen molar-refractivity contribution in [2.75, 3.05) is 6.54 Å². The Balaban J connectivity index is 1.67. The minimum absolute atomic E-state index is 0.216. The Bertz CT molecular complexity index is 778. The van der Waals surface area contributed by atoms with E-state index in [1.807, 2.05) is 12.3 Å². The Kier molecular flexibility index (Phi) is 4.61. The van der Waals surface area contributed by atoms with Gasteiger partial charge in [0.05, 0.1) is 5.01 Å². The third-order valence-electron chi connectivity index (χ3n) is 4.21. The normalized spacial score (nSPS) is 16.9. The summed E-state index contributed by atoms with van der Waals surface area (Å²) in [4.78, 5) is 31.6. The number of aromatic amines is 1. The van der Waals surface area contributed by atoms with Crippen molar-refractivity contribution in [1.29, 1.82) is 0 Å². The van der Waals surface area contributed by atoms with E-state index < -0.39 is 0 Å². The Morgan fingerprint density at radius 1 is 1.52 bits per heavy atom. The highest BCUT2D eigenvalue weighted by Crippen LogP contribution is 2.23. The molecule has 1 amide bonds. The van der Waals surface area contributed by atoms with Gasteiger partial charge in [0.1, 0.15) is 5.56 Å². The summed E-state index contributed by atoms with van der Waals surface area (Å²) in [5.74, 6) is 0.290. The van der Waals surface area contributed by atoms with Crippen molar-refractivity contribution in [1.82, 2.24) is 15.3 Å². The molecule has 2 N–H and O–H groups in total. The van der Waals surface area contributed by atoms with Crippen molar-refractivity contribution in [3.05, 3.63) is 49.3 Å². The molecule has 2 aromatic rings. The van der Waals surface area contributed by atoms with Crippen molar-refractivity contribution < 1.29 is 4.79 Å². The van der Waals surface area contributed by atoms with Crippen molar-refractivity contribution >= 4 is 17.2 Å². The van der Waals surface area contributed by atoms with E-state index in [2.05, 4.69) is 22.2 Å². The lowest BCUT2D eigenvalue weighted by Crippen LogP contribution is -2.32. The first kappa shape index (κ1) is 15.9. The van der Waals surface area contributed by atoms with Gasteiger partial charge in [-0.2, -0.15) is 0 Å². The standard InChI is InChI=1S/C17H21N3O2S/c1-10-3-4-14-12(7-10)8-13(17(22)20-14)16(21)18-6-5-15-19-11(2)9-23-15/h8-10H,3-7H2,1-2H3,(H,18,21)(H,20,22)/t10-/m1/s1. The number of aromatic nitrogens is 2. The largest absolute Gasteiger partial charge is 0.351 e. The van der Waals surface area contributed by atoms with Gasteiger partial charge in [-0.1, -0.05) is 6.92 Å². The topological polar surface area (TPSA) is 74.8 Å². The first-order valence-corrected chi connectivity index (χ1v) is 8.85. The summed E-state index contributed by atoms with van der Waals surface area (Å²) in [6.45, 7) is 4.63. The average Bonchev–Trinajstić information content (AvgIpc) is 2.92. The number of nitrogens with zero attached hydrogens (tertiary/aromatic N) is 1. The maximum Gasteiger partial charge on any atom is 0.261 e. The van der Waals surface area contributed by atoms with Crippen molar-refractivity contribution in [2.45, 2.75) is 39.5 Å². The zero-order chi connectivity index (χ0) is 16.4. The lowest BCUT2D eigenvalue weighted by Gasteiger charge is -2.21. The van der Waals surface area contributed by atoms with E-state index in [0.717, 1.165) is 41.2 Å². The molecule has 1 atom stereocenters. The van der Waals surface area contributed by atoms with Crippen LogP contribution in [0.25, 0.3) is 0 Å². The minimum atomic E-state index is -0.305. The highest BCUT2D eigenvalue weighted by atomic mass is 32.1. The number of nitrogens with one attached hydrogen (secondary N) is 2. The predicted octanol–water partition coefficient (Wildman–Crippen LogP) is 2.24. The molecule has 1 aliphatic carbocycles. The summed E-state index contributed by atoms with van der Waals surface area (Å²) < 4.78 is 0. The van der Waals surface area contributed by atoms with Crippen LogP contribution in [0.4, 0.5) is 0 Å². The summed E-state index contributed by atoms with van der Waals surface area (Å²) in [5, 5.41) is 5.81. The number of hydrogen-bond acceptors (Lipinski definition) is 4. The molecular formula is C17H21N3O2S. The van der Waals surface area contributed by atoms with E-state index in [1.54, 1.807) is 17.4 Å². The number of rotatable bonds is 4. The van der Waals surface area contributed by atoms with Crippen LogP contribution < -0.4 is 10.9 Å². The van der Waals surface area contributed by atoms with Crippen LogP contribution in [0.3, 0.4) is 0 Å². The highest BCUT2D eigenvalue weighted by Gasteiger charge is 2.20. The fourth-order valence-electron chi connectivity index (χ4n) is 2.95. The molecule has 1 aliphatic rings. The lowest BCUT2D eigenvalue weighted by atomic mass is 9.87. The molecule has 23 heavy (non-hydrogen) atoms. The van der Waals surface area contributed by atoms with E-state index in [1.165, 1.54) is 0 Å². The molecule has 0 radical (unpaired) electrons. The fourth-order valence-corrected chi connectivity index (χ4v) is 3.73. The summed E-state index contributed by atoms with van der Waals surface area (Å²) in [5.41, 5.74) is 3.01. The molecule has 0 fully saturated rings. The van der Waals surface area contributed by atoms with Crippen LogP contribution in [0.15, 0.2) is 16.2 Å². The minimum Gasteiger partial charge on any atom is -0.351 e. The van der Waals surface area contributed by atoms with Crippen LogP contribution >= 0.6 is 11.3 Å². The maximum absolute atomic E-state index is 12.3. The molecule has 5 nitrogen and oxygen atoms in total. The fraction of sp³-hybridized carbons (Fsp3) is 0.471.